The first-order valence-electron chi connectivity index (χ1n) is 8.65. The van der Waals surface area contributed by atoms with E-state index in [1.807, 2.05) is 12.1 Å². The monoisotopic (exact) mass is 305 g/mol. The van der Waals surface area contributed by atoms with E-state index in [-0.39, 0.29) is 5.82 Å². The van der Waals surface area contributed by atoms with Crippen molar-refractivity contribution in [1.29, 1.82) is 0 Å². The maximum Gasteiger partial charge on any atom is 0.123 e. The molecule has 0 bridgehead atoms. The molecule has 1 aromatic rings. The first-order valence-corrected chi connectivity index (χ1v) is 8.65. The van der Waals surface area contributed by atoms with E-state index in [4.69, 9.17) is 0 Å². The Balaban J connectivity index is 1.73. The van der Waals surface area contributed by atoms with E-state index < -0.39 is 0 Å². The molecule has 4 heteroatoms. The quantitative estimate of drug-likeness (QED) is 0.922. The molecule has 0 spiro atoms. The molecular formula is C18H28FN3. The van der Waals surface area contributed by atoms with Gasteiger partial charge in [-0.3, -0.25) is 9.80 Å². The summed E-state index contributed by atoms with van der Waals surface area (Å²) in [6.45, 7) is 10.1. The lowest BCUT2D eigenvalue weighted by Gasteiger charge is -2.40. The highest BCUT2D eigenvalue weighted by Gasteiger charge is 2.26. The van der Waals surface area contributed by atoms with Crippen LogP contribution in [0.4, 0.5) is 4.39 Å². The fraction of sp³-hybridized carbons (Fsp3) is 0.667. The van der Waals surface area contributed by atoms with Crippen LogP contribution in [0.2, 0.25) is 0 Å². The van der Waals surface area contributed by atoms with Crippen LogP contribution in [0.3, 0.4) is 0 Å². The topological polar surface area (TPSA) is 18.5 Å². The Hall–Kier alpha value is -0.970. The molecule has 0 radical (unpaired) electrons. The third kappa shape index (κ3) is 4.06. The summed E-state index contributed by atoms with van der Waals surface area (Å²) in [7, 11) is 0. The van der Waals surface area contributed by atoms with Crippen LogP contribution in [0.15, 0.2) is 24.3 Å². The third-order valence-corrected chi connectivity index (χ3v) is 5.15. The van der Waals surface area contributed by atoms with Crippen LogP contribution >= 0.6 is 0 Å². The third-order valence-electron chi connectivity index (χ3n) is 5.15. The second-order valence-electron chi connectivity index (χ2n) is 6.84. The molecule has 1 atom stereocenters. The summed E-state index contributed by atoms with van der Waals surface area (Å²) < 4.78 is 13.3. The Morgan fingerprint density at radius 2 is 1.73 bits per heavy atom. The predicted octanol–water partition coefficient (Wildman–Crippen LogP) is 2.50. The number of hydrogen-bond acceptors (Lipinski definition) is 3. The van der Waals surface area contributed by atoms with Gasteiger partial charge < -0.3 is 5.32 Å². The van der Waals surface area contributed by atoms with E-state index in [0.717, 1.165) is 51.7 Å². The van der Waals surface area contributed by atoms with Crippen LogP contribution in [0.5, 0.6) is 0 Å². The Kier molecular flexibility index (Phi) is 5.45. The zero-order valence-electron chi connectivity index (χ0n) is 13.6. The van der Waals surface area contributed by atoms with Gasteiger partial charge >= 0.3 is 0 Å². The summed E-state index contributed by atoms with van der Waals surface area (Å²) in [5.41, 5.74) is 1.26. The summed E-state index contributed by atoms with van der Waals surface area (Å²) in [5.74, 6) is 0.696. The summed E-state index contributed by atoms with van der Waals surface area (Å²) in [6.07, 6.45) is 2.55. The molecule has 2 aliphatic rings. The summed E-state index contributed by atoms with van der Waals surface area (Å²) in [6, 6.07) is 7.55. The highest BCUT2D eigenvalue weighted by molar-refractivity contribution is 5.20. The van der Waals surface area contributed by atoms with Crippen molar-refractivity contribution < 1.29 is 4.39 Å². The molecule has 22 heavy (non-hydrogen) atoms. The highest BCUT2D eigenvalue weighted by atomic mass is 19.1. The van der Waals surface area contributed by atoms with Gasteiger partial charge in [-0.2, -0.15) is 0 Å². The minimum Gasteiger partial charge on any atom is -0.314 e. The molecular weight excluding hydrogens is 277 g/mol. The fourth-order valence-corrected chi connectivity index (χ4v) is 3.60. The molecule has 3 rings (SSSR count). The van der Waals surface area contributed by atoms with Crippen molar-refractivity contribution in [3.05, 3.63) is 35.6 Å². The van der Waals surface area contributed by atoms with Gasteiger partial charge in [-0.05, 0) is 49.5 Å². The normalized spacial score (nSPS) is 23.5. The summed E-state index contributed by atoms with van der Waals surface area (Å²) in [5, 5.41) is 3.42. The molecule has 0 saturated carbocycles. The van der Waals surface area contributed by atoms with E-state index >= 15 is 0 Å². The van der Waals surface area contributed by atoms with Gasteiger partial charge in [0.2, 0.25) is 0 Å². The lowest BCUT2D eigenvalue weighted by Crippen LogP contribution is -2.48. The van der Waals surface area contributed by atoms with Gasteiger partial charge in [0.05, 0.1) is 0 Å². The van der Waals surface area contributed by atoms with Crippen LogP contribution in [-0.2, 0) is 0 Å². The van der Waals surface area contributed by atoms with E-state index in [1.165, 1.54) is 18.4 Å². The molecule has 0 aliphatic carbocycles. The van der Waals surface area contributed by atoms with Crippen LogP contribution in [0, 0.1) is 11.7 Å². The molecule has 2 saturated heterocycles. The average molecular weight is 305 g/mol. The van der Waals surface area contributed by atoms with Gasteiger partial charge in [-0.1, -0.05) is 19.1 Å². The molecule has 1 aromatic carbocycles. The van der Waals surface area contributed by atoms with Gasteiger partial charge in [0.25, 0.3) is 0 Å². The van der Waals surface area contributed by atoms with Crippen LogP contribution in [-0.4, -0.2) is 55.6 Å². The average Bonchev–Trinajstić information content (AvgIpc) is 2.56. The minimum absolute atomic E-state index is 0.142. The van der Waals surface area contributed by atoms with Crippen LogP contribution < -0.4 is 5.32 Å². The molecule has 0 amide bonds. The number of likely N-dealkylation sites (tertiary alicyclic amines) is 1. The smallest absolute Gasteiger partial charge is 0.123 e. The Labute approximate surface area is 133 Å². The van der Waals surface area contributed by atoms with Crippen molar-refractivity contribution in [2.24, 2.45) is 5.92 Å². The minimum atomic E-state index is -0.142. The van der Waals surface area contributed by atoms with Crippen molar-refractivity contribution in [3.8, 4) is 0 Å². The van der Waals surface area contributed by atoms with Gasteiger partial charge in [-0.15, -0.1) is 0 Å². The molecule has 1 N–H and O–H groups in total. The lowest BCUT2D eigenvalue weighted by atomic mass is 9.95. The number of piperazine rings is 1. The van der Waals surface area contributed by atoms with Crippen LogP contribution in [0.25, 0.3) is 0 Å². The lowest BCUT2D eigenvalue weighted by molar-refractivity contribution is 0.0969. The predicted molar refractivity (Wildman–Crippen MR) is 88.4 cm³/mol. The number of halogens is 1. The second-order valence-corrected chi connectivity index (χ2v) is 6.84. The molecule has 0 aromatic heterocycles. The number of nitrogens with one attached hydrogen (secondary N) is 1. The second kappa shape index (κ2) is 7.53. The molecule has 2 aliphatic heterocycles. The van der Waals surface area contributed by atoms with Crippen LogP contribution in [0.1, 0.15) is 31.4 Å². The largest absolute Gasteiger partial charge is 0.314 e. The number of nitrogens with zero attached hydrogens (tertiary/aromatic N) is 2. The maximum atomic E-state index is 13.3. The van der Waals surface area contributed by atoms with Gasteiger partial charge in [0.15, 0.2) is 0 Å². The highest BCUT2D eigenvalue weighted by Crippen LogP contribution is 2.28. The standard InChI is InChI=1S/C18H28FN3/c1-15-6-10-22(11-7-15)18(14-21-12-8-20-9-13-21)16-2-4-17(19)5-3-16/h2-5,15,18,20H,6-14H2,1H3. The molecule has 2 fully saturated rings. The maximum absolute atomic E-state index is 13.3. The summed E-state index contributed by atoms with van der Waals surface area (Å²) >= 11 is 0. The Morgan fingerprint density at radius 1 is 1.09 bits per heavy atom. The first kappa shape index (κ1) is 15.9. The molecule has 122 valence electrons. The van der Waals surface area contributed by atoms with Gasteiger partial charge in [-0.25, -0.2) is 4.39 Å². The zero-order valence-corrected chi connectivity index (χ0v) is 13.6. The molecule has 1 unspecified atom stereocenters. The fourth-order valence-electron chi connectivity index (χ4n) is 3.60. The van der Waals surface area contributed by atoms with E-state index in [1.54, 1.807) is 12.1 Å². The van der Waals surface area contributed by atoms with E-state index in [2.05, 4.69) is 22.0 Å². The van der Waals surface area contributed by atoms with E-state index in [9.17, 15) is 4.39 Å². The van der Waals surface area contributed by atoms with Crippen molar-refractivity contribution >= 4 is 0 Å². The zero-order chi connectivity index (χ0) is 15.4. The Bertz CT molecular complexity index is 448. The first-order chi connectivity index (χ1) is 10.7. The number of rotatable bonds is 4. The SMILES string of the molecule is CC1CCN(C(CN2CCNCC2)c2ccc(F)cc2)CC1. The van der Waals surface area contributed by atoms with Crippen molar-refractivity contribution in [1.82, 2.24) is 15.1 Å². The molecule has 2 heterocycles. The van der Waals surface area contributed by atoms with Crippen molar-refractivity contribution in [2.45, 2.75) is 25.8 Å². The van der Waals surface area contributed by atoms with Gasteiger partial charge in [0, 0.05) is 38.8 Å². The molecule has 3 nitrogen and oxygen atoms in total. The van der Waals surface area contributed by atoms with Crippen molar-refractivity contribution in [3.63, 3.8) is 0 Å². The Morgan fingerprint density at radius 3 is 2.36 bits per heavy atom. The van der Waals surface area contributed by atoms with E-state index in [0.29, 0.717) is 6.04 Å². The summed E-state index contributed by atoms with van der Waals surface area (Å²) in [4.78, 5) is 5.15. The van der Waals surface area contributed by atoms with Gasteiger partial charge in [0.1, 0.15) is 5.82 Å². The number of hydrogen-bond donors (Lipinski definition) is 1. The van der Waals surface area contributed by atoms with Crippen molar-refractivity contribution in [2.75, 3.05) is 45.8 Å². The number of benzene rings is 1. The number of piperidine rings is 1.